The van der Waals surface area contributed by atoms with Gasteiger partial charge in [-0.05, 0) is 67.9 Å². The van der Waals surface area contributed by atoms with Gasteiger partial charge in [0.05, 0.1) is 4.90 Å². The van der Waals surface area contributed by atoms with Crippen LogP contribution in [0.4, 0.5) is 11.4 Å². The fraction of sp³-hybridized carbons (Fsp3) is 0.208. The first-order valence-electron chi connectivity index (χ1n) is 10.2. The van der Waals surface area contributed by atoms with Crippen LogP contribution in [-0.4, -0.2) is 34.0 Å². The minimum atomic E-state index is -3.66. The van der Waals surface area contributed by atoms with Gasteiger partial charge in [-0.25, -0.2) is 8.42 Å². The highest BCUT2D eigenvalue weighted by molar-refractivity contribution is 7.92. The first-order valence-corrected chi connectivity index (χ1v) is 11.6. The number of rotatable bonds is 9. The van der Waals surface area contributed by atoms with Crippen molar-refractivity contribution in [3.05, 3.63) is 90.0 Å². The number of nitrogens with one attached hydrogen (secondary N) is 2. The molecule has 0 aliphatic heterocycles. The number of anilines is 2. The lowest BCUT2D eigenvalue weighted by atomic mass is 10.2. The molecule has 6 nitrogen and oxygen atoms in total. The monoisotopic (exact) mass is 437 g/mol. The summed E-state index contributed by atoms with van der Waals surface area (Å²) in [5, 5.41) is 2.92. The number of carbonyl (C=O) groups excluding carboxylic acids is 1. The maximum absolute atomic E-state index is 12.5. The molecule has 0 aromatic heterocycles. The number of nitrogens with zero attached hydrogens (tertiary/aromatic N) is 1. The minimum Gasteiger partial charge on any atom is -0.370 e. The molecule has 7 heteroatoms. The van der Waals surface area contributed by atoms with Crippen molar-refractivity contribution < 1.29 is 13.2 Å². The van der Waals surface area contributed by atoms with Crippen LogP contribution in [0.15, 0.2) is 83.8 Å². The molecule has 3 aromatic rings. The van der Waals surface area contributed by atoms with Crippen molar-refractivity contribution in [3.8, 4) is 0 Å². The highest BCUT2D eigenvalue weighted by atomic mass is 32.2. The summed E-state index contributed by atoms with van der Waals surface area (Å²) in [5.41, 5.74) is 3.20. The Morgan fingerprint density at radius 1 is 0.935 bits per heavy atom. The SMILES string of the molecule is CCN(CCNC(=O)c1ccc(NS(=O)(=O)c2ccccc2)cc1)c1cccc(C)c1. The van der Waals surface area contributed by atoms with Gasteiger partial charge in [0.1, 0.15) is 0 Å². The van der Waals surface area contributed by atoms with Gasteiger partial charge in [-0.3, -0.25) is 9.52 Å². The largest absolute Gasteiger partial charge is 0.370 e. The quantitative estimate of drug-likeness (QED) is 0.529. The number of likely N-dealkylation sites (N-methyl/N-ethyl adjacent to an activating group) is 1. The number of hydrogen-bond acceptors (Lipinski definition) is 4. The second-order valence-corrected chi connectivity index (χ2v) is 8.85. The van der Waals surface area contributed by atoms with Crippen LogP contribution in [0.1, 0.15) is 22.8 Å². The molecular weight excluding hydrogens is 410 g/mol. The molecule has 0 saturated heterocycles. The van der Waals surface area contributed by atoms with E-state index in [1.165, 1.54) is 17.7 Å². The third-order valence-electron chi connectivity index (χ3n) is 4.87. The molecule has 0 spiro atoms. The van der Waals surface area contributed by atoms with E-state index in [4.69, 9.17) is 0 Å². The zero-order valence-corrected chi connectivity index (χ0v) is 18.5. The zero-order valence-electron chi connectivity index (χ0n) is 17.7. The Morgan fingerprint density at radius 3 is 2.29 bits per heavy atom. The third kappa shape index (κ3) is 6.08. The Bertz CT molecular complexity index is 1110. The number of aryl methyl sites for hydroxylation is 1. The van der Waals surface area contributed by atoms with E-state index in [2.05, 4.69) is 47.0 Å². The summed E-state index contributed by atoms with van der Waals surface area (Å²) in [5.74, 6) is -0.197. The topological polar surface area (TPSA) is 78.5 Å². The van der Waals surface area contributed by atoms with E-state index in [-0.39, 0.29) is 10.8 Å². The van der Waals surface area contributed by atoms with Crippen LogP contribution >= 0.6 is 0 Å². The lowest BCUT2D eigenvalue weighted by Gasteiger charge is -2.23. The van der Waals surface area contributed by atoms with E-state index in [1.807, 2.05) is 6.07 Å². The molecule has 162 valence electrons. The van der Waals surface area contributed by atoms with Gasteiger partial charge < -0.3 is 10.2 Å². The molecular formula is C24H27N3O3S. The van der Waals surface area contributed by atoms with E-state index in [0.29, 0.717) is 24.3 Å². The summed E-state index contributed by atoms with van der Waals surface area (Å²) < 4.78 is 27.3. The van der Waals surface area contributed by atoms with Crippen molar-refractivity contribution in [2.45, 2.75) is 18.7 Å². The van der Waals surface area contributed by atoms with Gasteiger partial charge in [0.2, 0.25) is 0 Å². The summed E-state index contributed by atoms with van der Waals surface area (Å²) >= 11 is 0. The fourth-order valence-corrected chi connectivity index (χ4v) is 4.28. The van der Waals surface area contributed by atoms with Crippen LogP contribution in [0, 0.1) is 6.92 Å². The molecule has 3 rings (SSSR count). The normalized spacial score (nSPS) is 11.0. The molecule has 1 amide bonds. The third-order valence-corrected chi connectivity index (χ3v) is 6.27. The molecule has 0 heterocycles. The summed E-state index contributed by atoms with van der Waals surface area (Å²) in [6, 6.07) is 22.8. The van der Waals surface area contributed by atoms with Crippen LogP contribution in [0.2, 0.25) is 0 Å². The molecule has 0 aliphatic rings. The molecule has 0 aliphatic carbocycles. The van der Waals surface area contributed by atoms with Gasteiger partial charge in [-0.2, -0.15) is 0 Å². The number of hydrogen-bond donors (Lipinski definition) is 2. The number of sulfonamides is 1. The maximum atomic E-state index is 12.5. The molecule has 0 unspecified atom stereocenters. The average Bonchev–Trinajstić information content (AvgIpc) is 2.77. The highest BCUT2D eigenvalue weighted by Gasteiger charge is 2.14. The first kappa shape index (κ1) is 22.4. The van der Waals surface area contributed by atoms with E-state index >= 15 is 0 Å². The molecule has 0 bridgehead atoms. The van der Waals surface area contributed by atoms with Crippen molar-refractivity contribution in [3.63, 3.8) is 0 Å². The van der Waals surface area contributed by atoms with Crippen LogP contribution in [-0.2, 0) is 10.0 Å². The highest BCUT2D eigenvalue weighted by Crippen LogP contribution is 2.17. The van der Waals surface area contributed by atoms with Gasteiger partial charge in [0.15, 0.2) is 0 Å². The lowest BCUT2D eigenvalue weighted by molar-refractivity contribution is 0.0954. The van der Waals surface area contributed by atoms with Crippen molar-refractivity contribution >= 4 is 27.3 Å². The second kappa shape index (κ2) is 10.1. The van der Waals surface area contributed by atoms with Gasteiger partial charge in [0, 0.05) is 36.6 Å². The van der Waals surface area contributed by atoms with Crippen LogP contribution in [0.3, 0.4) is 0 Å². The predicted octanol–water partition coefficient (Wildman–Crippen LogP) is 4.05. The zero-order chi connectivity index (χ0) is 22.3. The Labute approximate surface area is 184 Å². The first-order chi connectivity index (χ1) is 14.9. The Morgan fingerprint density at radius 2 is 1.65 bits per heavy atom. The van der Waals surface area contributed by atoms with Crippen LogP contribution in [0.5, 0.6) is 0 Å². The molecule has 0 fully saturated rings. The molecule has 2 N–H and O–H groups in total. The summed E-state index contributed by atoms with van der Waals surface area (Å²) in [4.78, 5) is 14.8. The smallest absolute Gasteiger partial charge is 0.261 e. The second-order valence-electron chi connectivity index (χ2n) is 7.17. The summed E-state index contributed by atoms with van der Waals surface area (Å²) in [6.45, 7) is 6.18. The Kier molecular flexibility index (Phi) is 7.31. The molecule has 0 radical (unpaired) electrons. The van der Waals surface area contributed by atoms with E-state index in [9.17, 15) is 13.2 Å². The van der Waals surface area contributed by atoms with Gasteiger partial charge in [0.25, 0.3) is 15.9 Å². The van der Waals surface area contributed by atoms with E-state index in [1.54, 1.807) is 42.5 Å². The fourth-order valence-electron chi connectivity index (χ4n) is 3.20. The number of benzene rings is 3. The van der Waals surface area contributed by atoms with Gasteiger partial charge in [-0.15, -0.1) is 0 Å². The number of carbonyl (C=O) groups is 1. The predicted molar refractivity (Wildman–Crippen MR) is 125 cm³/mol. The molecule has 0 saturated carbocycles. The van der Waals surface area contributed by atoms with Crippen LogP contribution < -0.4 is 14.9 Å². The molecule has 3 aromatic carbocycles. The van der Waals surface area contributed by atoms with Crippen molar-refractivity contribution in [1.29, 1.82) is 0 Å². The summed E-state index contributed by atoms with van der Waals surface area (Å²) in [6.07, 6.45) is 0. The van der Waals surface area contributed by atoms with Gasteiger partial charge >= 0.3 is 0 Å². The Balaban J connectivity index is 1.55. The van der Waals surface area contributed by atoms with Crippen molar-refractivity contribution in [2.75, 3.05) is 29.3 Å². The minimum absolute atomic E-state index is 0.186. The molecule has 31 heavy (non-hydrogen) atoms. The standard InChI is InChI=1S/C24H27N3O3S/c1-3-27(22-9-7-8-19(2)18-22)17-16-25-24(28)20-12-14-21(15-13-20)26-31(29,30)23-10-5-4-6-11-23/h4-15,18,26H,3,16-17H2,1-2H3,(H,25,28). The average molecular weight is 438 g/mol. The van der Waals surface area contributed by atoms with Crippen molar-refractivity contribution in [1.82, 2.24) is 5.32 Å². The molecule has 0 atom stereocenters. The van der Waals surface area contributed by atoms with E-state index in [0.717, 1.165) is 12.2 Å². The Hall–Kier alpha value is -3.32. The van der Waals surface area contributed by atoms with Crippen LogP contribution in [0.25, 0.3) is 0 Å². The van der Waals surface area contributed by atoms with E-state index < -0.39 is 10.0 Å². The number of amides is 1. The van der Waals surface area contributed by atoms with Gasteiger partial charge in [-0.1, -0.05) is 30.3 Å². The summed E-state index contributed by atoms with van der Waals surface area (Å²) in [7, 11) is -3.66. The van der Waals surface area contributed by atoms with Crippen molar-refractivity contribution in [2.24, 2.45) is 0 Å². The maximum Gasteiger partial charge on any atom is 0.261 e. The lowest BCUT2D eigenvalue weighted by Crippen LogP contribution is -2.35.